The topological polar surface area (TPSA) is 260 Å². The predicted molar refractivity (Wildman–Crippen MR) is 324 cm³/mol. The van der Waals surface area contributed by atoms with Crippen LogP contribution in [0.3, 0.4) is 0 Å². The third-order valence-corrected chi connectivity index (χ3v) is 16.5. The maximum atomic E-state index is 16.1. The average Bonchev–Trinajstić information content (AvgIpc) is 1.24. The molecule has 0 spiro atoms. The van der Waals surface area contributed by atoms with Crippen molar-refractivity contribution in [2.45, 2.75) is 148 Å². The Kier molecular flexibility index (Phi) is 30.1. The maximum Gasteiger partial charge on any atom is 0.447 e. The molecule has 0 bridgehead atoms. The SMILES string of the molecule is CCCCCCCCN(CCCCCCCC)C(=O)C(F)(F)S(=O)(=O)OCC1(COCC(=O)N(C)Cc2c(CO)cc(OC)c3c2O[C@H](c2cc(OC)c(OC)c(OC)c2)[C@H](OC(=O)c2cc(OCOC)c(OCOC)c(OCOC)c2)C3)COC(C)(C)OC1. The molecule has 0 unspecified atom stereocenters. The van der Waals surface area contributed by atoms with E-state index in [1.54, 1.807) is 32.0 Å². The summed E-state index contributed by atoms with van der Waals surface area (Å²) in [7, 11) is 5.52. The molecule has 2 aliphatic rings. The van der Waals surface area contributed by atoms with E-state index in [1.165, 1.54) is 73.8 Å². The lowest BCUT2D eigenvalue weighted by Crippen LogP contribution is -2.53. The zero-order valence-electron chi connectivity index (χ0n) is 54.3. The lowest BCUT2D eigenvalue weighted by molar-refractivity contribution is -0.295. The number of methoxy groups -OCH3 is 7. The molecular formula is C63H94F2N2O22S. The summed E-state index contributed by atoms with van der Waals surface area (Å²) in [4.78, 5) is 44.6. The van der Waals surface area contributed by atoms with Gasteiger partial charge in [-0.05, 0) is 62.6 Å². The summed E-state index contributed by atoms with van der Waals surface area (Å²) in [5.74, 6) is -3.17. The van der Waals surface area contributed by atoms with E-state index in [9.17, 15) is 27.9 Å². The molecule has 1 fully saturated rings. The highest BCUT2D eigenvalue weighted by atomic mass is 32.2. The van der Waals surface area contributed by atoms with Gasteiger partial charge in [-0.15, -0.1) is 0 Å². The number of carbonyl (C=O) groups is 3. The minimum Gasteiger partial charge on any atom is -0.496 e. The maximum absolute atomic E-state index is 16.1. The number of benzene rings is 3. The van der Waals surface area contributed by atoms with Crippen molar-refractivity contribution in [1.82, 2.24) is 9.80 Å². The second kappa shape index (κ2) is 36.3. The van der Waals surface area contributed by atoms with Crippen LogP contribution in [-0.2, 0) is 76.6 Å². The number of rotatable bonds is 42. The fourth-order valence-corrected chi connectivity index (χ4v) is 11.1. The minimum atomic E-state index is -5.91. The summed E-state index contributed by atoms with van der Waals surface area (Å²) in [5, 5.41) is 6.00. The molecule has 2 aliphatic heterocycles. The van der Waals surface area contributed by atoms with Crippen LogP contribution >= 0.6 is 0 Å². The lowest BCUT2D eigenvalue weighted by atomic mass is 9.90. The number of aliphatic hydroxyl groups excluding tert-OH is 1. The Morgan fingerprint density at radius 2 is 1.22 bits per heavy atom. The van der Waals surface area contributed by atoms with Crippen LogP contribution in [0.1, 0.15) is 143 Å². The molecule has 5 rings (SSSR count). The van der Waals surface area contributed by atoms with E-state index in [-0.39, 0.29) is 111 Å². The summed E-state index contributed by atoms with van der Waals surface area (Å²) in [5.41, 5.74) is -0.192. The Bertz CT molecular complexity index is 2800. The van der Waals surface area contributed by atoms with Crippen molar-refractivity contribution in [3.05, 3.63) is 58.1 Å². The van der Waals surface area contributed by atoms with Crippen LogP contribution in [0.2, 0.25) is 0 Å². The van der Waals surface area contributed by atoms with E-state index < -0.39 is 83.0 Å². The Labute approximate surface area is 528 Å². The second-order valence-corrected chi connectivity index (χ2v) is 24.2. The van der Waals surface area contributed by atoms with Crippen LogP contribution in [0, 0.1) is 5.41 Å². The first-order valence-corrected chi connectivity index (χ1v) is 31.7. The van der Waals surface area contributed by atoms with E-state index in [1.807, 2.05) is 0 Å². The van der Waals surface area contributed by atoms with Gasteiger partial charge in [0.1, 0.15) is 24.2 Å². The summed E-state index contributed by atoms with van der Waals surface area (Å²) in [6, 6.07) is 7.58. The highest BCUT2D eigenvalue weighted by Crippen LogP contribution is 2.49. The van der Waals surface area contributed by atoms with Crippen molar-refractivity contribution in [1.29, 1.82) is 0 Å². The fraction of sp³-hybridized carbons (Fsp3) is 0.667. The number of hydrogen-bond acceptors (Lipinski definition) is 22. The lowest BCUT2D eigenvalue weighted by Gasteiger charge is -2.42. The number of carbonyl (C=O) groups excluding carboxylic acids is 3. The quantitative estimate of drug-likeness (QED) is 0.0240. The predicted octanol–water partition coefficient (Wildman–Crippen LogP) is 9.30. The Balaban J connectivity index is 1.43. The van der Waals surface area contributed by atoms with Crippen molar-refractivity contribution in [3.63, 3.8) is 0 Å². The molecule has 0 radical (unpaired) electrons. The zero-order chi connectivity index (χ0) is 66.1. The molecule has 0 aliphatic carbocycles. The van der Waals surface area contributed by atoms with Gasteiger partial charge in [-0.25, -0.2) is 4.79 Å². The molecule has 90 heavy (non-hydrogen) atoms. The van der Waals surface area contributed by atoms with Crippen LogP contribution in [-0.4, -0.2) is 182 Å². The molecule has 24 nitrogen and oxygen atoms in total. The molecule has 0 saturated carbocycles. The van der Waals surface area contributed by atoms with E-state index in [0.717, 1.165) is 56.3 Å². The standard InChI is InChI=1S/C63H94F2N2O22S/c1-13-15-17-19-21-23-25-67(26-24-22-20-18-16-14-2)60(71)63(64,65)90(72,73)87-39-62(37-85-61(3,4)86-38-62)36-81-35-54(69)66(5)33-47-45(34-68)31-48(77-9)46-32-53(55(89-56(46)47)43-27-49(78-10)57(80-12)50(28-43)79-11)88-59(70)44-29-51(82-40-74-6)58(84-42-76-8)52(30-44)83-41-75-7/h27-31,53,55,68H,13-26,32-42H2,1-12H3/t53-,55-/m1/s1. The van der Waals surface area contributed by atoms with Crippen molar-refractivity contribution >= 4 is 27.9 Å². The molecule has 1 saturated heterocycles. The van der Waals surface area contributed by atoms with E-state index >= 15 is 8.78 Å². The summed E-state index contributed by atoms with van der Waals surface area (Å²) >= 11 is 0. The highest BCUT2D eigenvalue weighted by Gasteiger charge is 2.57. The first kappa shape index (κ1) is 74.7. The van der Waals surface area contributed by atoms with E-state index in [2.05, 4.69) is 13.8 Å². The Hall–Kier alpha value is -6.04. The van der Waals surface area contributed by atoms with Crippen LogP contribution in [0.15, 0.2) is 30.3 Å². The normalized spacial score (nSPS) is 16.1. The molecule has 3 aromatic carbocycles. The highest BCUT2D eigenvalue weighted by molar-refractivity contribution is 7.88. The van der Waals surface area contributed by atoms with Gasteiger partial charge in [0.15, 0.2) is 55.3 Å². The molecule has 27 heteroatoms. The third-order valence-electron chi connectivity index (χ3n) is 15.3. The average molecular weight is 1300 g/mol. The summed E-state index contributed by atoms with van der Waals surface area (Å²) in [6.45, 7) is 3.19. The molecule has 2 atom stereocenters. The van der Waals surface area contributed by atoms with Gasteiger partial charge >= 0.3 is 27.2 Å². The summed E-state index contributed by atoms with van der Waals surface area (Å²) in [6.07, 6.45) is 7.60. The van der Waals surface area contributed by atoms with Gasteiger partial charge in [-0.3, -0.25) is 13.8 Å². The number of hydrogen-bond donors (Lipinski definition) is 1. The molecule has 2 heterocycles. The van der Waals surface area contributed by atoms with Gasteiger partial charge < -0.3 is 86.0 Å². The van der Waals surface area contributed by atoms with Crippen molar-refractivity contribution < 1.29 is 112 Å². The Morgan fingerprint density at radius 3 is 1.73 bits per heavy atom. The van der Waals surface area contributed by atoms with E-state index in [4.69, 9.17) is 75.2 Å². The Morgan fingerprint density at radius 1 is 0.689 bits per heavy atom. The number of amides is 2. The van der Waals surface area contributed by atoms with Crippen LogP contribution in [0.4, 0.5) is 8.78 Å². The largest absolute Gasteiger partial charge is 0.496 e. The number of halogens is 2. The number of alkyl halides is 2. The van der Waals surface area contributed by atoms with Gasteiger partial charge in [0.05, 0.1) is 72.5 Å². The molecule has 0 aromatic heterocycles. The minimum absolute atomic E-state index is 0.0319. The zero-order valence-corrected chi connectivity index (χ0v) is 55.1. The van der Waals surface area contributed by atoms with Gasteiger partial charge in [-0.1, -0.05) is 78.1 Å². The van der Waals surface area contributed by atoms with Crippen molar-refractivity contribution in [3.8, 4) is 46.0 Å². The van der Waals surface area contributed by atoms with Crippen molar-refractivity contribution in [2.24, 2.45) is 5.41 Å². The molecular weight excluding hydrogens is 1210 g/mol. The van der Waals surface area contributed by atoms with E-state index in [0.29, 0.717) is 47.9 Å². The van der Waals surface area contributed by atoms with Gasteiger partial charge in [0.25, 0.3) is 0 Å². The van der Waals surface area contributed by atoms with Crippen LogP contribution in [0.5, 0.6) is 46.0 Å². The van der Waals surface area contributed by atoms with Crippen LogP contribution in [0.25, 0.3) is 0 Å². The number of nitrogens with zero attached hydrogens (tertiary/aromatic N) is 2. The van der Waals surface area contributed by atoms with Crippen LogP contribution < -0.4 is 37.9 Å². The first-order chi connectivity index (χ1) is 43.1. The monoisotopic (exact) mass is 1300 g/mol. The number of ether oxygens (including phenoxy) is 15. The number of unbranched alkanes of at least 4 members (excludes halogenated alkanes) is 10. The summed E-state index contributed by atoms with van der Waals surface area (Å²) < 4.78 is 151. The number of aliphatic hydroxyl groups is 1. The first-order valence-electron chi connectivity index (χ1n) is 30.3. The second-order valence-electron chi connectivity index (χ2n) is 22.6. The third kappa shape index (κ3) is 20.2. The fourth-order valence-electron chi connectivity index (χ4n) is 10.2. The number of esters is 1. The molecule has 508 valence electrons. The number of likely N-dealkylation sites (N-methyl/N-ethyl adjacent to an activating group) is 1. The van der Waals surface area contributed by atoms with Gasteiger partial charge in [-0.2, -0.15) is 17.2 Å². The van der Waals surface area contributed by atoms with Crippen molar-refractivity contribution in [2.75, 3.05) is 123 Å². The molecule has 3 aromatic rings. The van der Waals surface area contributed by atoms with Gasteiger partial charge in [0.2, 0.25) is 17.4 Å². The number of fused-ring (bicyclic) bond motifs is 1. The van der Waals surface area contributed by atoms with Gasteiger partial charge in [0, 0.05) is 71.1 Å². The smallest absolute Gasteiger partial charge is 0.447 e. The molecule has 1 N–H and O–H groups in total. The molecule has 2 amide bonds.